The standard InChI is InChI=1S/C9H9Cl2N3O/c1-5-2-3-8(15)14(5)7-4-6(10)12-9(11)13-7/h4-5H,2-3H2,1H3/t5-/m0/s1. The average molecular weight is 246 g/mol. The van der Waals surface area contributed by atoms with Crippen molar-refractivity contribution >= 4 is 34.9 Å². The van der Waals surface area contributed by atoms with Gasteiger partial charge in [-0.15, -0.1) is 0 Å². The Morgan fingerprint density at radius 2 is 2.20 bits per heavy atom. The van der Waals surface area contributed by atoms with E-state index in [4.69, 9.17) is 23.2 Å². The Balaban J connectivity index is 2.40. The summed E-state index contributed by atoms with van der Waals surface area (Å²) in [5.74, 6) is 0.531. The minimum absolute atomic E-state index is 0.0494. The molecule has 0 N–H and O–H groups in total. The molecule has 1 atom stereocenters. The van der Waals surface area contributed by atoms with Crippen molar-refractivity contribution in [1.82, 2.24) is 9.97 Å². The van der Waals surface area contributed by atoms with Crippen LogP contribution in [0.1, 0.15) is 19.8 Å². The number of aromatic nitrogens is 2. The molecule has 1 aliphatic heterocycles. The SMILES string of the molecule is C[C@H]1CCC(=O)N1c1cc(Cl)nc(Cl)n1. The van der Waals surface area contributed by atoms with Crippen LogP contribution in [0, 0.1) is 0 Å². The fraction of sp³-hybridized carbons (Fsp3) is 0.444. The molecule has 15 heavy (non-hydrogen) atoms. The zero-order valence-electron chi connectivity index (χ0n) is 8.07. The Labute approximate surface area is 97.2 Å². The number of carbonyl (C=O) groups is 1. The van der Waals surface area contributed by atoms with Gasteiger partial charge in [0.2, 0.25) is 11.2 Å². The molecule has 1 aromatic rings. The fourth-order valence-corrected chi connectivity index (χ4v) is 2.08. The van der Waals surface area contributed by atoms with Crippen LogP contribution < -0.4 is 4.90 Å². The monoisotopic (exact) mass is 245 g/mol. The largest absolute Gasteiger partial charge is 0.294 e. The summed E-state index contributed by atoms with van der Waals surface area (Å²) in [5, 5.41) is 0.307. The molecule has 1 fully saturated rings. The van der Waals surface area contributed by atoms with Crippen molar-refractivity contribution in [2.75, 3.05) is 4.90 Å². The molecule has 1 amide bonds. The molecule has 80 valence electrons. The van der Waals surface area contributed by atoms with E-state index in [2.05, 4.69) is 9.97 Å². The summed E-state index contributed by atoms with van der Waals surface area (Å²) in [6.45, 7) is 1.97. The summed E-state index contributed by atoms with van der Waals surface area (Å²) < 4.78 is 0. The highest BCUT2D eigenvalue weighted by Gasteiger charge is 2.30. The van der Waals surface area contributed by atoms with Crippen LogP contribution in [0.15, 0.2) is 6.07 Å². The third-order valence-electron chi connectivity index (χ3n) is 2.39. The first-order chi connectivity index (χ1) is 7.08. The summed E-state index contributed by atoms with van der Waals surface area (Å²) in [4.78, 5) is 20.9. The van der Waals surface area contributed by atoms with Gasteiger partial charge in [-0.2, -0.15) is 0 Å². The molecule has 0 saturated carbocycles. The summed E-state index contributed by atoms with van der Waals surface area (Å²) >= 11 is 11.4. The number of amides is 1. The molecule has 1 saturated heterocycles. The molecule has 2 rings (SSSR count). The van der Waals surface area contributed by atoms with Crippen molar-refractivity contribution in [2.45, 2.75) is 25.8 Å². The molecule has 6 heteroatoms. The number of halogens is 2. The molecule has 2 heterocycles. The van der Waals surface area contributed by atoms with E-state index in [1.807, 2.05) is 6.92 Å². The van der Waals surface area contributed by atoms with Crippen LogP contribution in [-0.4, -0.2) is 21.9 Å². The Morgan fingerprint density at radius 3 is 2.73 bits per heavy atom. The molecule has 0 unspecified atom stereocenters. The average Bonchev–Trinajstić information content (AvgIpc) is 2.44. The fourth-order valence-electron chi connectivity index (χ4n) is 1.68. The zero-order valence-corrected chi connectivity index (χ0v) is 9.59. The van der Waals surface area contributed by atoms with E-state index in [0.717, 1.165) is 6.42 Å². The van der Waals surface area contributed by atoms with Crippen molar-refractivity contribution in [3.8, 4) is 0 Å². The molecule has 0 aliphatic carbocycles. The number of nitrogens with zero attached hydrogens (tertiary/aromatic N) is 3. The van der Waals surface area contributed by atoms with E-state index in [-0.39, 0.29) is 22.4 Å². The highest BCUT2D eigenvalue weighted by atomic mass is 35.5. The highest BCUT2D eigenvalue weighted by Crippen LogP contribution is 2.26. The van der Waals surface area contributed by atoms with E-state index >= 15 is 0 Å². The minimum Gasteiger partial charge on any atom is -0.294 e. The normalized spacial score (nSPS) is 21.1. The maximum atomic E-state index is 11.6. The Kier molecular flexibility index (Phi) is 2.80. The van der Waals surface area contributed by atoms with Gasteiger partial charge in [-0.1, -0.05) is 11.6 Å². The summed E-state index contributed by atoms with van der Waals surface area (Å²) in [7, 11) is 0. The Morgan fingerprint density at radius 1 is 1.47 bits per heavy atom. The summed E-state index contributed by atoms with van der Waals surface area (Å²) in [6.07, 6.45) is 1.37. The lowest BCUT2D eigenvalue weighted by molar-refractivity contribution is -0.117. The molecule has 0 aromatic carbocycles. The van der Waals surface area contributed by atoms with Crippen molar-refractivity contribution in [1.29, 1.82) is 0 Å². The highest BCUT2D eigenvalue weighted by molar-refractivity contribution is 6.32. The van der Waals surface area contributed by atoms with E-state index in [0.29, 0.717) is 12.2 Å². The second kappa shape index (κ2) is 3.94. The van der Waals surface area contributed by atoms with E-state index in [1.54, 1.807) is 11.0 Å². The van der Waals surface area contributed by atoms with Crippen LogP contribution >= 0.6 is 23.2 Å². The number of hydrogen-bond acceptors (Lipinski definition) is 3. The van der Waals surface area contributed by atoms with Crippen molar-refractivity contribution < 1.29 is 4.79 Å². The van der Waals surface area contributed by atoms with Crippen LogP contribution in [0.4, 0.5) is 5.82 Å². The van der Waals surface area contributed by atoms with Gasteiger partial charge in [-0.3, -0.25) is 9.69 Å². The maximum Gasteiger partial charge on any atom is 0.228 e. The van der Waals surface area contributed by atoms with E-state index < -0.39 is 0 Å². The molecule has 4 nitrogen and oxygen atoms in total. The summed E-state index contributed by atoms with van der Waals surface area (Å²) in [5.41, 5.74) is 0. The van der Waals surface area contributed by atoms with Gasteiger partial charge in [0.15, 0.2) is 0 Å². The molecule has 1 aromatic heterocycles. The molecule has 0 spiro atoms. The third kappa shape index (κ3) is 2.06. The smallest absolute Gasteiger partial charge is 0.228 e. The van der Waals surface area contributed by atoms with Gasteiger partial charge in [0.25, 0.3) is 0 Å². The van der Waals surface area contributed by atoms with E-state index in [9.17, 15) is 4.79 Å². The second-order valence-electron chi connectivity index (χ2n) is 3.47. The van der Waals surface area contributed by atoms with Gasteiger partial charge in [0.1, 0.15) is 11.0 Å². The first-order valence-corrected chi connectivity index (χ1v) is 5.35. The Bertz CT molecular complexity index is 390. The van der Waals surface area contributed by atoms with Crippen LogP contribution in [0.3, 0.4) is 0 Å². The number of hydrogen-bond donors (Lipinski definition) is 0. The van der Waals surface area contributed by atoms with Gasteiger partial charge in [0, 0.05) is 18.5 Å². The van der Waals surface area contributed by atoms with Crippen molar-refractivity contribution in [2.24, 2.45) is 0 Å². The first-order valence-electron chi connectivity index (χ1n) is 4.60. The van der Waals surface area contributed by atoms with Crippen LogP contribution in [-0.2, 0) is 4.79 Å². The van der Waals surface area contributed by atoms with Crippen LogP contribution in [0.25, 0.3) is 0 Å². The predicted octanol–water partition coefficient (Wildman–Crippen LogP) is 2.30. The predicted molar refractivity (Wildman–Crippen MR) is 58.2 cm³/mol. The lowest BCUT2D eigenvalue weighted by atomic mass is 10.2. The van der Waals surface area contributed by atoms with Gasteiger partial charge in [-0.05, 0) is 24.9 Å². The number of carbonyl (C=O) groups excluding carboxylic acids is 1. The first kappa shape index (κ1) is 10.6. The number of anilines is 1. The van der Waals surface area contributed by atoms with E-state index in [1.165, 1.54) is 0 Å². The van der Waals surface area contributed by atoms with Crippen molar-refractivity contribution in [3.05, 3.63) is 16.5 Å². The quantitative estimate of drug-likeness (QED) is 0.564. The number of rotatable bonds is 1. The Hall–Kier alpha value is -0.870. The van der Waals surface area contributed by atoms with Gasteiger partial charge in [-0.25, -0.2) is 9.97 Å². The minimum atomic E-state index is 0.0494. The molecule has 0 bridgehead atoms. The molecular formula is C9H9Cl2N3O. The maximum absolute atomic E-state index is 11.6. The van der Waals surface area contributed by atoms with Gasteiger partial charge < -0.3 is 0 Å². The second-order valence-corrected chi connectivity index (χ2v) is 4.19. The third-order valence-corrected chi connectivity index (χ3v) is 2.75. The van der Waals surface area contributed by atoms with Crippen molar-refractivity contribution in [3.63, 3.8) is 0 Å². The topological polar surface area (TPSA) is 46.1 Å². The lowest BCUT2D eigenvalue weighted by Gasteiger charge is -2.20. The van der Waals surface area contributed by atoms with Gasteiger partial charge in [0.05, 0.1) is 0 Å². The zero-order chi connectivity index (χ0) is 11.0. The molecule has 0 radical (unpaired) electrons. The molecular weight excluding hydrogens is 237 g/mol. The van der Waals surface area contributed by atoms with Gasteiger partial charge >= 0.3 is 0 Å². The lowest BCUT2D eigenvalue weighted by Crippen LogP contribution is -2.31. The van der Waals surface area contributed by atoms with Crippen LogP contribution in [0.2, 0.25) is 10.4 Å². The summed E-state index contributed by atoms with van der Waals surface area (Å²) in [6, 6.07) is 1.69. The van der Waals surface area contributed by atoms with Crippen LogP contribution in [0.5, 0.6) is 0 Å². The molecule has 1 aliphatic rings.